The van der Waals surface area contributed by atoms with Crippen LogP contribution in [-0.4, -0.2) is 33.1 Å². The summed E-state index contributed by atoms with van der Waals surface area (Å²) < 4.78 is 56.5. The molecule has 0 saturated carbocycles. The van der Waals surface area contributed by atoms with E-state index >= 15 is 0 Å². The Kier molecular flexibility index (Phi) is 7.43. The van der Waals surface area contributed by atoms with Gasteiger partial charge in [-0.05, 0) is 30.5 Å². The highest BCUT2D eigenvalue weighted by molar-refractivity contribution is 7.14. The summed E-state index contributed by atoms with van der Waals surface area (Å²) >= 11 is 0.974. The predicted molar refractivity (Wildman–Crippen MR) is 126 cm³/mol. The van der Waals surface area contributed by atoms with Crippen LogP contribution in [0, 0.1) is 5.82 Å². The highest BCUT2D eigenvalue weighted by Gasteiger charge is 2.32. The van der Waals surface area contributed by atoms with Crippen LogP contribution in [0.1, 0.15) is 12.0 Å². The molecule has 0 atom stereocenters. The molecule has 0 radical (unpaired) electrons. The van der Waals surface area contributed by atoms with Gasteiger partial charge in [0.25, 0.3) is 5.56 Å². The van der Waals surface area contributed by atoms with Crippen molar-refractivity contribution in [3.63, 3.8) is 0 Å². The summed E-state index contributed by atoms with van der Waals surface area (Å²) in [7, 11) is 2.62. The summed E-state index contributed by atoms with van der Waals surface area (Å²) in [6.07, 6.45) is -4.26. The first-order valence-corrected chi connectivity index (χ1v) is 10.7. The summed E-state index contributed by atoms with van der Waals surface area (Å²) in [5.74, 6) is -3.02. The van der Waals surface area contributed by atoms with Crippen LogP contribution in [0.3, 0.4) is 0 Å². The van der Waals surface area contributed by atoms with Crippen molar-refractivity contribution in [2.24, 2.45) is 19.1 Å². The minimum absolute atomic E-state index is 0.0929. The maximum absolute atomic E-state index is 14.0. The van der Waals surface area contributed by atoms with Crippen LogP contribution in [-0.2, 0) is 18.9 Å². The Labute approximate surface area is 204 Å². The number of rotatable bonds is 7. The van der Waals surface area contributed by atoms with E-state index < -0.39 is 35.1 Å². The number of ether oxygens (including phenoxy) is 1. The number of anilines is 2. The van der Waals surface area contributed by atoms with Crippen molar-refractivity contribution >= 4 is 40.5 Å². The van der Waals surface area contributed by atoms with Gasteiger partial charge in [-0.15, -0.1) is 24.5 Å². The van der Waals surface area contributed by atoms with Gasteiger partial charge >= 0.3 is 12.1 Å². The van der Waals surface area contributed by atoms with Gasteiger partial charge in [0.2, 0.25) is 5.91 Å². The second kappa shape index (κ2) is 10.2. The quantitative estimate of drug-likeness (QED) is 0.359. The van der Waals surface area contributed by atoms with Gasteiger partial charge in [0.05, 0.1) is 17.7 Å². The fourth-order valence-corrected chi connectivity index (χ4v) is 3.87. The molecule has 0 unspecified atom stereocenters. The Morgan fingerprint density at radius 2 is 2.00 bits per heavy atom. The maximum atomic E-state index is 14.0. The molecule has 2 heterocycles. The number of nitrogens with zero attached hydrogens (tertiary/aromatic N) is 4. The maximum Gasteiger partial charge on any atom is 0.573 e. The summed E-state index contributed by atoms with van der Waals surface area (Å²) in [6.45, 7) is 3.32. The van der Waals surface area contributed by atoms with Crippen molar-refractivity contribution in [1.82, 2.24) is 14.1 Å². The fraction of sp³-hybridized carbons (Fsp3) is 0.190. The zero-order valence-electron chi connectivity index (χ0n) is 18.7. The molecule has 3 rings (SSSR count). The van der Waals surface area contributed by atoms with Crippen LogP contribution in [0.2, 0.25) is 0 Å². The number of alkyl halides is 3. The molecule has 1 aromatic carbocycles. The molecular formula is C21H18F4N6O4S. The molecule has 190 valence electrons. The third-order valence-corrected chi connectivity index (χ3v) is 5.59. The lowest BCUT2D eigenvalue weighted by Gasteiger charge is -2.13. The fourth-order valence-electron chi connectivity index (χ4n) is 3.14. The Morgan fingerprint density at radius 3 is 2.61 bits per heavy atom. The predicted octanol–water partition coefficient (Wildman–Crippen LogP) is 2.90. The zero-order valence-corrected chi connectivity index (χ0v) is 19.5. The van der Waals surface area contributed by atoms with Crippen molar-refractivity contribution in [1.29, 1.82) is 0 Å². The van der Waals surface area contributed by atoms with Crippen LogP contribution in [0.25, 0.3) is 16.8 Å². The molecule has 0 saturated heterocycles. The van der Waals surface area contributed by atoms with Gasteiger partial charge in [-0.3, -0.25) is 23.7 Å². The van der Waals surface area contributed by atoms with E-state index in [4.69, 9.17) is 5.73 Å². The van der Waals surface area contributed by atoms with E-state index in [2.05, 4.69) is 26.7 Å². The van der Waals surface area contributed by atoms with Gasteiger partial charge in [0.1, 0.15) is 5.82 Å². The lowest BCUT2D eigenvalue weighted by molar-refractivity contribution is -0.275. The number of carbonyl (C=O) groups excluding carboxylic acids is 1. The number of aliphatic imine (C=N–C) groups is 1. The average Bonchev–Trinajstić information content (AvgIpc) is 3.25. The second-order valence-corrected chi connectivity index (χ2v) is 8.12. The number of nitrogens with one attached hydrogen (secondary N) is 1. The van der Waals surface area contributed by atoms with E-state index in [1.165, 1.54) is 25.5 Å². The van der Waals surface area contributed by atoms with Crippen LogP contribution >= 0.6 is 11.3 Å². The highest BCUT2D eigenvalue weighted by Crippen LogP contribution is 2.31. The van der Waals surface area contributed by atoms with Crippen LogP contribution < -0.4 is 27.0 Å². The van der Waals surface area contributed by atoms with Crippen molar-refractivity contribution < 1.29 is 27.1 Å². The van der Waals surface area contributed by atoms with Gasteiger partial charge in [0, 0.05) is 31.2 Å². The lowest BCUT2D eigenvalue weighted by atomic mass is 10.1. The first-order chi connectivity index (χ1) is 16.8. The number of nitrogens with two attached hydrogens (primary N) is 1. The molecule has 3 N–H and O–H groups in total. The van der Waals surface area contributed by atoms with E-state index in [9.17, 15) is 31.9 Å². The van der Waals surface area contributed by atoms with Crippen molar-refractivity contribution in [3.05, 3.63) is 62.0 Å². The molecular weight excluding hydrogens is 508 g/mol. The number of halogens is 4. The van der Waals surface area contributed by atoms with E-state index in [1.54, 1.807) is 0 Å². The number of nitrogen functional groups attached to an aromatic ring is 1. The molecule has 3 aromatic rings. The number of carbonyl (C=O) groups is 1. The standard InChI is InChI=1S/C21H18F4N6O4S/c1-27-8-11(16-17(26)30(2)20(34)31(3)18(16)33)7-15(32)29-19-28-13(9-36-19)10-4-5-14(12(22)6-10)35-21(23,24)25/h4-6,8-9H,1,7,26H2,2-3H3,(H,28,29,32)/b11-8-. The largest absolute Gasteiger partial charge is 0.573 e. The first-order valence-electron chi connectivity index (χ1n) is 9.84. The van der Waals surface area contributed by atoms with E-state index in [1.807, 2.05) is 0 Å². The summed E-state index contributed by atoms with van der Waals surface area (Å²) in [5, 5.41) is 4.06. The Bertz CT molecular complexity index is 1490. The number of hydrogen-bond acceptors (Lipinski definition) is 8. The molecule has 0 aliphatic carbocycles. The monoisotopic (exact) mass is 526 g/mol. The van der Waals surface area contributed by atoms with Crippen molar-refractivity contribution in [2.75, 3.05) is 11.1 Å². The van der Waals surface area contributed by atoms with Crippen LogP contribution in [0.4, 0.5) is 28.5 Å². The Balaban J connectivity index is 1.81. The summed E-state index contributed by atoms with van der Waals surface area (Å²) in [6, 6.07) is 2.81. The third-order valence-electron chi connectivity index (χ3n) is 4.83. The van der Waals surface area contributed by atoms with Gasteiger partial charge in [0.15, 0.2) is 16.7 Å². The average molecular weight is 526 g/mol. The minimum atomic E-state index is -5.04. The zero-order chi connectivity index (χ0) is 26.8. The molecule has 15 heteroatoms. The second-order valence-electron chi connectivity index (χ2n) is 7.26. The lowest BCUT2D eigenvalue weighted by Crippen LogP contribution is -2.40. The molecule has 36 heavy (non-hydrogen) atoms. The number of thiazole rings is 1. The van der Waals surface area contributed by atoms with Gasteiger partial charge in [-0.1, -0.05) is 0 Å². The molecule has 1 amide bonds. The SMILES string of the molecule is C=N/C=C(/CC(=O)Nc1nc(-c2ccc(OC(F)(F)F)c(F)c2)cs1)c1c(N)n(C)c(=O)n(C)c1=O. The van der Waals surface area contributed by atoms with E-state index in [-0.39, 0.29) is 39.8 Å². The molecule has 0 spiro atoms. The molecule has 2 aromatic heterocycles. The molecule has 0 aliphatic heterocycles. The van der Waals surface area contributed by atoms with Crippen LogP contribution in [0.15, 0.2) is 44.4 Å². The normalized spacial score (nSPS) is 11.9. The number of benzene rings is 1. The first kappa shape index (κ1) is 26.3. The van der Waals surface area contributed by atoms with E-state index in [0.717, 1.165) is 38.8 Å². The van der Waals surface area contributed by atoms with Crippen molar-refractivity contribution in [3.8, 4) is 17.0 Å². The number of hydrogen-bond donors (Lipinski definition) is 2. The number of aromatic nitrogens is 3. The Hall–Kier alpha value is -4.27. The van der Waals surface area contributed by atoms with Gasteiger partial charge in [-0.25, -0.2) is 14.2 Å². The van der Waals surface area contributed by atoms with Crippen LogP contribution in [0.5, 0.6) is 5.75 Å². The van der Waals surface area contributed by atoms with Gasteiger partial charge in [-0.2, -0.15) is 0 Å². The molecule has 10 nitrogen and oxygen atoms in total. The topological polar surface area (TPSA) is 134 Å². The number of amides is 1. The summed E-state index contributed by atoms with van der Waals surface area (Å²) in [5.41, 5.74) is 4.89. The molecule has 0 bridgehead atoms. The summed E-state index contributed by atoms with van der Waals surface area (Å²) in [4.78, 5) is 45.1. The minimum Gasteiger partial charge on any atom is -0.403 e. The highest BCUT2D eigenvalue weighted by atomic mass is 32.1. The van der Waals surface area contributed by atoms with Gasteiger partial charge < -0.3 is 15.8 Å². The molecule has 0 aliphatic rings. The smallest absolute Gasteiger partial charge is 0.403 e. The van der Waals surface area contributed by atoms with E-state index in [0.29, 0.717) is 0 Å². The van der Waals surface area contributed by atoms with Crippen molar-refractivity contribution in [2.45, 2.75) is 12.8 Å². The third kappa shape index (κ3) is 5.68. The molecule has 0 fully saturated rings. The Morgan fingerprint density at radius 1 is 1.31 bits per heavy atom.